The predicted octanol–water partition coefficient (Wildman–Crippen LogP) is 4.89. The first-order chi connectivity index (χ1) is 12.3. The van der Waals surface area contributed by atoms with Crippen LogP contribution in [0.4, 0.5) is 0 Å². The van der Waals surface area contributed by atoms with E-state index in [-0.39, 0.29) is 0 Å². The number of sulfone groups is 1. The molecule has 136 valence electrons. The van der Waals surface area contributed by atoms with Crippen molar-refractivity contribution in [1.82, 2.24) is 0 Å². The molecule has 0 bridgehead atoms. The molecule has 0 saturated heterocycles. The first kappa shape index (κ1) is 17.3. The van der Waals surface area contributed by atoms with Crippen LogP contribution in [-0.4, -0.2) is 21.8 Å². The van der Waals surface area contributed by atoms with Crippen LogP contribution in [0.15, 0.2) is 47.4 Å². The number of hydrogen-bond donors (Lipinski definition) is 0. The van der Waals surface area contributed by atoms with Crippen molar-refractivity contribution in [2.75, 3.05) is 13.4 Å². The molecule has 0 N–H and O–H groups in total. The Balaban J connectivity index is 1.78. The summed E-state index contributed by atoms with van der Waals surface area (Å²) in [7, 11) is -1.46. The van der Waals surface area contributed by atoms with Gasteiger partial charge in [0.25, 0.3) is 0 Å². The molecule has 3 nitrogen and oxygen atoms in total. The average molecular weight is 368 g/mol. The van der Waals surface area contributed by atoms with Crippen molar-refractivity contribution in [3.63, 3.8) is 0 Å². The third-order valence-electron chi connectivity index (χ3n) is 5.80. The Labute approximate surface area is 155 Å². The minimum Gasteiger partial charge on any atom is -0.496 e. The highest BCUT2D eigenvalue weighted by molar-refractivity contribution is 7.90. The lowest BCUT2D eigenvalue weighted by atomic mass is 9.96. The SMILES string of the molecule is COc1ccc(C2=C(c3ccc(S(C)(=O)=O)cc3)CC3(CC3)C2)cc1C. The van der Waals surface area contributed by atoms with Crippen molar-refractivity contribution in [3.05, 3.63) is 59.2 Å². The molecule has 1 fully saturated rings. The topological polar surface area (TPSA) is 43.4 Å². The summed E-state index contributed by atoms with van der Waals surface area (Å²) in [6.07, 6.45) is 6.03. The van der Waals surface area contributed by atoms with Gasteiger partial charge in [-0.3, -0.25) is 0 Å². The summed E-state index contributed by atoms with van der Waals surface area (Å²) in [6.45, 7) is 2.07. The molecule has 0 aliphatic heterocycles. The van der Waals surface area contributed by atoms with Crippen LogP contribution in [0.1, 0.15) is 42.4 Å². The highest BCUT2D eigenvalue weighted by Crippen LogP contribution is 2.63. The number of hydrogen-bond acceptors (Lipinski definition) is 3. The van der Waals surface area contributed by atoms with Crippen molar-refractivity contribution in [2.24, 2.45) is 5.41 Å². The van der Waals surface area contributed by atoms with Crippen LogP contribution < -0.4 is 4.74 Å². The van der Waals surface area contributed by atoms with E-state index < -0.39 is 9.84 Å². The van der Waals surface area contributed by atoms with E-state index in [2.05, 4.69) is 19.1 Å². The monoisotopic (exact) mass is 368 g/mol. The Morgan fingerprint density at radius 1 is 0.923 bits per heavy atom. The van der Waals surface area contributed by atoms with Crippen LogP contribution in [0.5, 0.6) is 5.75 Å². The van der Waals surface area contributed by atoms with Crippen LogP contribution >= 0.6 is 0 Å². The van der Waals surface area contributed by atoms with E-state index in [4.69, 9.17) is 4.74 Å². The fourth-order valence-corrected chi connectivity index (χ4v) is 4.71. The first-order valence-corrected chi connectivity index (χ1v) is 10.9. The standard InChI is InChI=1S/C22H24O3S/c1-15-12-17(6-9-21(15)25-2)20-14-22(10-11-22)13-19(20)16-4-7-18(8-5-16)26(3,23)24/h4-9,12H,10-11,13-14H2,1-3H3. The van der Waals surface area contributed by atoms with E-state index in [0.717, 1.165) is 29.7 Å². The Hall–Kier alpha value is -2.07. The zero-order chi connectivity index (χ0) is 18.5. The molecule has 2 aliphatic carbocycles. The van der Waals surface area contributed by atoms with E-state index in [1.807, 2.05) is 18.2 Å². The highest BCUT2D eigenvalue weighted by atomic mass is 32.2. The molecular formula is C22H24O3S. The maximum Gasteiger partial charge on any atom is 0.175 e. The molecule has 0 unspecified atom stereocenters. The molecule has 4 rings (SSSR count). The van der Waals surface area contributed by atoms with Crippen molar-refractivity contribution in [3.8, 4) is 5.75 Å². The predicted molar refractivity (Wildman–Crippen MR) is 105 cm³/mol. The Bertz CT molecular complexity index is 994. The second-order valence-corrected chi connectivity index (χ2v) is 9.81. The first-order valence-electron chi connectivity index (χ1n) is 8.99. The Kier molecular flexibility index (Phi) is 3.99. The van der Waals surface area contributed by atoms with Gasteiger partial charge in [0, 0.05) is 6.26 Å². The van der Waals surface area contributed by atoms with Gasteiger partial charge in [0.05, 0.1) is 12.0 Å². The molecule has 1 saturated carbocycles. The number of allylic oxidation sites excluding steroid dienone is 2. The zero-order valence-electron chi connectivity index (χ0n) is 15.5. The summed E-state index contributed by atoms with van der Waals surface area (Å²) in [5.41, 5.74) is 6.75. The third-order valence-corrected chi connectivity index (χ3v) is 6.93. The average Bonchev–Trinajstić information content (AvgIpc) is 3.25. The van der Waals surface area contributed by atoms with Gasteiger partial charge in [0.2, 0.25) is 0 Å². The summed E-state index contributed by atoms with van der Waals surface area (Å²) in [6, 6.07) is 13.8. The van der Waals surface area contributed by atoms with Gasteiger partial charge in [-0.25, -0.2) is 8.42 Å². The largest absolute Gasteiger partial charge is 0.496 e. The molecule has 0 radical (unpaired) electrons. The molecule has 2 aromatic carbocycles. The van der Waals surface area contributed by atoms with E-state index in [0.29, 0.717) is 10.3 Å². The Morgan fingerprint density at radius 2 is 1.50 bits per heavy atom. The summed E-state index contributed by atoms with van der Waals surface area (Å²) in [5.74, 6) is 0.910. The Morgan fingerprint density at radius 3 is 2.00 bits per heavy atom. The second kappa shape index (κ2) is 5.98. The number of methoxy groups -OCH3 is 1. The van der Waals surface area contributed by atoms with Gasteiger partial charge in [-0.05, 0) is 90.1 Å². The molecule has 0 atom stereocenters. The van der Waals surface area contributed by atoms with Gasteiger partial charge in [-0.2, -0.15) is 0 Å². The second-order valence-electron chi connectivity index (χ2n) is 7.79. The molecule has 0 heterocycles. The van der Waals surface area contributed by atoms with Crippen LogP contribution in [0.25, 0.3) is 11.1 Å². The van der Waals surface area contributed by atoms with Gasteiger partial charge in [-0.15, -0.1) is 0 Å². The normalized spacial score (nSPS) is 18.4. The van der Waals surface area contributed by atoms with Gasteiger partial charge >= 0.3 is 0 Å². The number of ether oxygens (including phenoxy) is 1. The molecule has 0 amide bonds. The molecule has 4 heteroatoms. The van der Waals surface area contributed by atoms with E-state index in [9.17, 15) is 8.42 Å². The fourth-order valence-electron chi connectivity index (χ4n) is 4.08. The van der Waals surface area contributed by atoms with E-state index in [1.54, 1.807) is 19.2 Å². The van der Waals surface area contributed by atoms with Crippen molar-refractivity contribution in [2.45, 2.75) is 37.5 Å². The summed E-state index contributed by atoms with van der Waals surface area (Å²) in [5, 5.41) is 0. The molecule has 1 spiro atoms. The fraction of sp³-hybridized carbons (Fsp3) is 0.364. The summed E-state index contributed by atoms with van der Waals surface area (Å²) in [4.78, 5) is 0.378. The molecule has 2 aromatic rings. The van der Waals surface area contributed by atoms with Gasteiger partial charge in [0.15, 0.2) is 9.84 Å². The summed E-state index contributed by atoms with van der Waals surface area (Å²) < 4.78 is 28.9. The van der Waals surface area contributed by atoms with E-state index in [1.165, 1.54) is 35.8 Å². The summed E-state index contributed by atoms with van der Waals surface area (Å²) >= 11 is 0. The van der Waals surface area contributed by atoms with Crippen LogP contribution in [-0.2, 0) is 9.84 Å². The lowest BCUT2D eigenvalue weighted by Gasteiger charge is -2.12. The maximum atomic E-state index is 11.7. The minimum absolute atomic E-state index is 0.378. The number of aryl methyl sites for hydroxylation is 1. The molecule has 2 aliphatic rings. The minimum atomic E-state index is -3.16. The van der Waals surface area contributed by atoms with Gasteiger partial charge in [0.1, 0.15) is 5.75 Å². The van der Waals surface area contributed by atoms with E-state index >= 15 is 0 Å². The molecule has 26 heavy (non-hydrogen) atoms. The quantitative estimate of drug-likeness (QED) is 0.771. The molecular weight excluding hydrogens is 344 g/mol. The maximum absolute atomic E-state index is 11.7. The smallest absolute Gasteiger partial charge is 0.175 e. The van der Waals surface area contributed by atoms with Crippen LogP contribution in [0.2, 0.25) is 0 Å². The van der Waals surface area contributed by atoms with Gasteiger partial charge in [-0.1, -0.05) is 18.2 Å². The van der Waals surface area contributed by atoms with Crippen LogP contribution in [0, 0.1) is 12.3 Å². The highest BCUT2D eigenvalue weighted by Gasteiger charge is 2.48. The number of rotatable bonds is 4. The van der Waals surface area contributed by atoms with Crippen molar-refractivity contribution >= 4 is 21.0 Å². The van der Waals surface area contributed by atoms with Crippen molar-refractivity contribution in [1.29, 1.82) is 0 Å². The lowest BCUT2D eigenvalue weighted by Crippen LogP contribution is -1.97. The van der Waals surface area contributed by atoms with Crippen LogP contribution in [0.3, 0.4) is 0 Å². The zero-order valence-corrected chi connectivity index (χ0v) is 16.3. The third kappa shape index (κ3) is 3.07. The molecule has 0 aromatic heterocycles. The number of benzene rings is 2. The lowest BCUT2D eigenvalue weighted by molar-refractivity contribution is 0.411. The van der Waals surface area contributed by atoms with Gasteiger partial charge < -0.3 is 4.74 Å². The van der Waals surface area contributed by atoms with Crippen molar-refractivity contribution < 1.29 is 13.2 Å².